The summed E-state index contributed by atoms with van der Waals surface area (Å²) in [4.78, 5) is 16.6. The molecule has 3 rings (SSSR count). The molecule has 112 valence electrons. The van der Waals surface area contributed by atoms with Crippen molar-refractivity contribution < 1.29 is 4.79 Å². The first-order chi connectivity index (χ1) is 10.7. The fraction of sp³-hybridized carbons (Fsp3) is 0.353. The number of rotatable bonds is 3. The van der Waals surface area contributed by atoms with Crippen molar-refractivity contribution in [2.75, 3.05) is 6.54 Å². The lowest BCUT2D eigenvalue weighted by molar-refractivity contribution is 0.0943. The van der Waals surface area contributed by atoms with Crippen LogP contribution in [0.25, 0.3) is 0 Å². The molecule has 1 atom stereocenters. The minimum absolute atomic E-state index is 0.0709. The molecule has 1 amide bonds. The molecule has 0 spiro atoms. The van der Waals surface area contributed by atoms with E-state index in [1.165, 1.54) is 0 Å². The third-order valence-electron chi connectivity index (χ3n) is 4.18. The standard InChI is InChI=1S/C17H18N4O/c1-12-8-13(9-18)2-4-15(12)17(22)20-10-14-3-5-16-19-6-7-21(16)11-14/h2,4,6-8,14H,3,5,10-11H2,1H3,(H,20,22). The maximum Gasteiger partial charge on any atom is 0.251 e. The monoisotopic (exact) mass is 294 g/mol. The summed E-state index contributed by atoms with van der Waals surface area (Å²) in [5.41, 5.74) is 2.05. The highest BCUT2D eigenvalue weighted by Crippen LogP contribution is 2.18. The number of amides is 1. The molecule has 0 saturated carbocycles. The molecule has 2 heterocycles. The van der Waals surface area contributed by atoms with Gasteiger partial charge >= 0.3 is 0 Å². The van der Waals surface area contributed by atoms with Crippen LogP contribution in [0, 0.1) is 24.2 Å². The van der Waals surface area contributed by atoms with Gasteiger partial charge in [0, 0.05) is 37.5 Å². The number of hydrogen-bond donors (Lipinski definition) is 1. The summed E-state index contributed by atoms with van der Waals surface area (Å²) in [6.45, 7) is 3.42. The van der Waals surface area contributed by atoms with Crippen LogP contribution in [0.4, 0.5) is 0 Å². The third kappa shape index (κ3) is 2.86. The van der Waals surface area contributed by atoms with Gasteiger partial charge in [-0.05, 0) is 43.0 Å². The fourth-order valence-electron chi connectivity index (χ4n) is 2.92. The van der Waals surface area contributed by atoms with Crippen molar-refractivity contribution in [2.24, 2.45) is 5.92 Å². The fourth-order valence-corrected chi connectivity index (χ4v) is 2.92. The van der Waals surface area contributed by atoms with Crippen molar-refractivity contribution in [3.63, 3.8) is 0 Å². The van der Waals surface area contributed by atoms with Crippen molar-refractivity contribution in [2.45, 2.75) is 26.3 Å². The van der Waals surface area contributed by atoms with E-state index in [0.29, 0.717) is 23.6 Å². The number of hydrogen-bond acceptors (Lipinski definition) is 3. The number of carbonyl (C=O) groups excluding carboxylic acids is 1. The summed E-state index contributed by atoms with van der Waals surface area (Å²) < 4.78 is 2.16. The van der Waals surface area contributed by atoms with Crippen LogP contribution in [0.3, 0.4) is 0 Å². The molecular formula is C17H18N4O. The second-order valence-corrected chi connectivity index (χ2v) is 5.75. The molecule has 0 aliphatic carbocycles. The van der Waals surface area contributed by atoms with Gasteiger partial charge in [-0.2, -0.15) is 5.26 Å². The molecule has 0 saturated heterocycles. The summed E-state index contributed by atoms with van der Waals surface area (Å²) in [6, 6.07) is 7.23. The van der Waals surface area contributed by atoms with Crippen LogP contribution < -0.4 is 5.32 Å². The number of aryl methyl sites for hydroxylation is 2. The van der Waals surface area contributed by atoms with Crippen LogP contribution in [0.5, 0.6) is 0 Å². The zero-order valence-corrected chi connectivity index (χ0v) is 12.5. The van der Waals surface area contributed by atoms with Gasteiger partial charge in [-0.1, -0.05) is 0 Å². The average Bonchev–Trinajstić information content (AvgIpc) is 3.00. The SMILES string of the molecule is Cc1cc(C#N)ccc1C(=O)NCC1CCc2nccn2C1. The van der Waals surface area contributed by atoms with E-state index in [1.54, 1.807) is 18.2 Å². The smallest absolute Gasteiger partial charge is 0.251 e. The van der Waals surface area contributed by atoms with Crippen LogP contribution >= 0.6 is 0 Å². The Kier molecular flexibility index (Phi) is 3.92. The van der Waals surface area contributed by atoms with Crippen molar-refractivity contribution in [1.82, 2.24) is 14.9 Å². The summed E-state index contributed by atoms with van der Waals surface area (Å²) in [7, 11) is 0. The molecule has 22 heavy (non-hydrogen) atoms. The van der Waals surface area contributed by atoms with Gasteiger partial charge in [0.1, 0.15) is 5.82 Å². The van der Waals surface area contributed by atoms with Gasteiger partial charge in [0.15, 0.2) is 0 Å². The van der Waals surface area contributed by atoms with Crippen LogP contribution in [0.2, 0.25) is 0 Å². The topological polar surface area (TPSA) is 70.7 Å². The molecule has 5 nitrogen and oxygen atoms in total. The van der Waals surface area contributed by atoms with Crippen LogP contribution in [-0.4, -0.2) is 22.0 Å². The van der Waals surface area contributed by atoms with Gasteiger partial charge in [-0.3, -0.25) is 4.79 Å². The molecule has 1 aromatic carbocycles. The number of carbonyl (C=O) groups is 1. The first-order valence-electron chi connectivity index (χ1n) is 7.46. The Morgan fingerprint density at radius 1 is 1.55 bits per heavy atom. The number of benzene rings is 1. The molecule has 1 aliphatic heterocycles. The second-order valence-electron chi connectivity index (χ2n) is 5.75. The van der Waals surface area contributed by atoms with E-state index in [9.17, 15) is 4.79 Å². The van der Waals surface area contributed by atoms with Crippen molar-refractivity contribution >= 4 is 5.91 Å². The zero-order valence-electron chi connectivity index (χ0n) is 12.5. The molecule has 1 aromatic heterocycles. The highest BCUT2D eigenvalue weighted by Gasteiger charge is 2.19. The van der Waals surface area contributed by atoms with E-state index < -0.39 is 0 Å². The Hall–Kier alpha value is -2.61. The number of nitrogens with one attached hydrogen (secondary N) is 1. The highest BCUT2D eigenvalue weighted by molar-refractivity contribution is 5.95. The van der Waals surface area contributed by atoms with Gasteiger partial charge < -0.3 is 9.88 Å². The van der Waals surface area contributed by atoms with Gasteiger partial charge in [0.2, 0.25) is 0 Å². The van der Waals surface area contributed by atoms with E-state index in [0.717, 1.165) is 30.8 Å². The number of nitrogens with zero attached hydrogens (tertiary/aromatic N) is 3. The van der Waals surface area contributed by atoms with Crippen LogP contribution in [-0.2, 0) is 13.0 Å². The van der Waals surface area contributed by atoms with E-state index in [1.807, 2.05) is 19.3 Å². The molecule has 1 unspecified atom stereocenters. The van der Waals surface area contributed by atoms with E-state index in [-0.39, 0.29) is 5.91 Å². The third-order valence-corrected chi connectivity index (χ3v) is 4.18. The van der Waals surface area contributed by atoms with Crippen molar-refractivity contribution in [1.29, 1.82) is 5.26 Å². The normalized spacial score (nSPS) is 16.6. The predicted molar refractivity (Wildman–Crippen MR) is 82.3 cm³/mol. The second kappa shape index (κ2) is 6.02. The Balaban J connectivity index is 1.60. The zero-order chi connectivity index (χ0) is 15.5. The van der Waals surface area contributed by atoms with Gasteiger partial charge in [0.05, 0.1) is 11.6 Å². The minimum atomic E-state index is -0.0709. The molecule has 0 fully saturated rings. The molecular weight excluding hydrogens is 276 g/mol. The molecule has 1 N–H and O–H groups in total. The lowest BCUT2D eigenvalue weighted by Gasteiger charge is -2.24. The predicted octanol–water partition coefficient (Wildman–Crippen LogP) is 2.06. The van der Waals surface area contributed by atoms with Gasteiger partial charge in [-0.25, -0.2) is 4.98 Å². The Labute approximate surface area is 129 Å². The maximum absolute atomic E-state index is 12.3. The van der Waals surface area contributed by atoms with Gasteiger partial charge in [0.25, 0.3) is 5.91 Å². The van der Waals surface area contributed by atoms with Crippen LogP contribution in [0.1, 0.15) is 33.7 Å². The summed E-state index contributed by atoms with van der Waals surface area (Å²) in [6.07, 6.45) is 5.83. The molecule has 1 aliphatic rings. The molecule has 2 aromatic rings. The van der Waals surface area contributed by atoms with E-state index in [2.05, 4.69) is 20.9 Å². The Bertz CT molecular complexity index is 741. The van der Waals surface area contributed by atoms with E-state index in [4.69, 9.17) is 5.26 Å². The first-order valence-corrected chi connectivity index (χ1v) is 7.46. The maximum atomic E-state index is 12.3. The number of nitriles is 1. The molecule has 0 bridgehead atoms. The summed E-state index contributed by atoms with van der Waals surface area (Å²) in [5, 5.41) is 11.9. The van der Waals surface area contributed by atoms with Crippen molar-refractivity contribution in [3.05, 3.63) is 53.1 Å². The number of aromatic nitrogens is 2. The van der Waals surface area contributed by atoms with Gasteiger partial charge in [-0.15, -0.1) is 0 Å². The first kappa shape index (κ1) is 14.3. The molecule has 5 heteroatoms. The highest BCUT2D eigenvalue weighted by atomic mass is 16.1. The average molecular weight is 294 g/mol. The van der Waals surface area contributed by atoms with Crippen LogP contribution in [0.15, 0.2) is 30.6 Å². The number of imidazole rings is 1. The minimum Gasteiger partial charge on any atom is -0.352 e. The quantitative estimate of drug-likeness (QED) is 0.942. The lowest BCUT2D eigenvalue weighted by atomic mass is 9.99. The number of fused-ring (bicyclic) bond motifs is 1. The summed E-state index contributed by atoms with van der Waals surface area (Å²) >= 11 is 0. The molecule has 0 radical (unpaired) electrons. The lowest BCUT2D eigenvalue weighted by Crippen LogP contribution is -2.34. The Morgan fingerprint density at radius 2 is 2.41 bits per heavy atom. The van der Waals surface area contributed by atoms with E-state index >= 15 is 0 Å². The van der Waals surface area contributed by atoms with Crippen molar-refractivity contribution in [3.8, 4) is 6.07 Å². The Morgan fingerprint density at radius 3 is 3.18 bits per heavy atom. The largest absolute Gasteiger partial charge is 0.352 e. The summed E-state index contributed by atoms with van der Waals surface area (Å²) in [5.74, 6) is 1.49.